The monoisotopic (exact) mass is 1020 g/mol. The zero-order chi connectivity index (χ0) is 54.7. The Hall–Kier alpha value is -8.85. The molecule has 78 heavy (non-hydrogen) atoms. The fraction of sp³-hybridized carbons (Fsp3) is 0.164. The summed E-state index contributed by atoms with van der Waals surface area (Å²) in [5.41, 5.74) is 29.4. The number of halogens is 2. The van der Waals surface area contributed by atoms with Gasteiger partial charge in [0.2, 0.25) is 0 Å². The van der Waals surface area contributed by atoms with E-state index in [1.807, 2.05) is 12.1 Å². The fourth-order valence-corrected chi connectivity index (χ4v) is 13.7. The van der Waals surface area contributed by atoms with Gasteiger partial charge in [0.15, 0.2) is 0 Å². The van der Waals surface area contributed by atoms with Crippen LogP contribution in [0.3, 0.4) is 0 Å². The van der Waals surface area contributed by atoms with Crippen LogP contribution < -0.4 is 0 Å². The summed E-state index contributed by atoms with van der Waals surface area (Å²) >= 11 is 0. The summed E-state index contributed by atoms with van der Waals surface area (Å²) in [5.74, 6) is -1.39. The van der Waals surface area contributed by atoms with E-state index in [0.717, 1.165) is 83.1 Å². The first-order chi connectivity index (χ1) is 37.3. The Kier molecular flexibility index (Phi) is 12.0. The minimum atomic E-state index is -0.696. The minimum absolute atomic E-state index is 0.347. The SMILES string of the molecule is Cc1cc(C)c(-c2ccc3c(c2)c2ccc(-c4c(C)cc(C)cc4C)cc2n3-c2cc(C#N)cc(-n3c4ccc(-c5c(C)cc(C)cc5C)cc4c4ccc(-c5c(C)cc(C)cc5C)cc43)c2-c2cc(F)cc(F)c2)c(C)c1. The molecular weight excluding hydrogens is 957 g/mol. The van der Waals surface area contributed by atoms with Crippen LogP contribution in [0.1, 0.15) is 72.3 Å². The molecule has 382 valence electrons. The van der Waals surface area contributed by atoms with E-state index in [9.17, 15) is 5.26 Å². The average molecular weight is 1020 g/mol. The second kappa shape index (κ2) is 18.7. The molecule has 2 aromatic heterocycles. The molecule has 0 aliphatic carbocycles. The molecule has 0 unspecified atom stereocenters. The molecule has 0 spiro atoms. The third-order valence-electron chi connectivity index (χ3n) is 16.3. The lowest BCUT2D eigenvalue weighted by molar-refractivity contribution is 0.584. The largest absolute Gasteiger partial charge is 0.308 e. The van der Waals surface area contributed by atoms with Crippen LogP contribution in [0.25, 0.3) is 111 Å². The van der Waals surface area contributed by atoms with Gasteiger partial charge in [0.05, 0.1) is 45.1 Å². The zero-order valence-corrected chi connectivity index (χ0v) is 46.5. The molecule has 10 aromatic carbocycles. The molecule has 0 aliphatic heterocycles. The van der Waals surface area contributed by atoms with Crippen LogP contribution in [0.4, 0.5) is 8.78 Å². The highest BCUT2D eigenvalue weighted by molar-refractivity contribution is 6.14. The summed E-state index contributed by atoms with van der Waals surface area (Å²) in [6.45, 7) is 25.9. The van der Waals surface area contributed by atoms with Gasteiger partial charge < -0.3 is 9.13 Å². The van der Waals surface area contributed by atoms with Gasteiger partial charge in [0.1, 0.15) is 11.6 Å². The number of hydrogen-bond acceptors (Lipinski definition) is 1. The van der Waals surface area contributed by atoms with Gasteiger partial charge in [-0.1, -0.05) is 107 Å². The van der Waals surface area contributed by atoms with Gasteiger partial charge in [-0.2, -0.15) is 5.26 Å². The first-order valence-electron chi connectivity index (χ1n) is 26.9. The van der Waals surface area contributed by atoms with Crippen molar-refractivity contribution in [3.05, 3.63) is 236 Å². The Balaban J connectivity index is 1.25. The maximum Gasteiger partial charge on any atom is 0.126 e. The topological polar surface area (TPSA) is 33.6 Å². The van der Waals surface area contributed by atoms with Crippen LogP contribution in [0, 0.1) is 106 Å². The van der Waals surface area contributed by atoms with Crippen molar-refractivity contribution in [1.29, 1.82) is 5.26 Å². The van der Waals surface area contributed by atoms with Crippen LogP contribution >= 0.6 is 0 Å². The number of nitriles is 1. The molecule has 0 bridgehead atoms. The van der Waals surface area contributed by atoms with E-state index in [1.165, 1.54) is 90.0 Å². The van der Waals surface area contributed by atoms with Gasteiger partial charge >= 0.3 is 0 Å². The summed E-state index contributed by atoms with van der Waals surface area (Å²) in [6, 6.07) is 54.7. The molecule has 0 radical (unpaired) electrons. The van der Waals surface area contributed by atoms with Gasteiger partial charge in [-0.15, -0.1) is 0 Å². The van der Waals surface area contributed by atoms with Crippen molar-refractivity contribution >= 4 is 43.6 Å². The van der Waals surface area contributed by atoms with Crippen molar-refractivity contribution in [2.24, 2.45) is 0 Å². The number of aryl methyl sites for hydroxylation is 12. The molecule has 0 saturated heterocycles. The summed E-state index contributed by atoms with van der Waals surface area (Å²) in [4.78, 5) is 0. The second-order valence-electron chi connectivity index (χ2n) is 22.4. The summed E-state index contributed by atoms with van der Waals surface area (Å²) in [6.07, 6.45) is 0. The lowest BCUT2D eigenvalue weighted by Gasteiger charge is -2.22. The fourth-order valence-electron chi connectivity index (χ4n) is 13.7. The summed E-state index contributed by atoms with van der Waals surface area (Å²) < 4.78 is 36.8. The van der Waals surface area contributed by atoms with Crippen molar-refractivity contribution in [2.75, 3.05) is 0 Å². The number of aromatic nitrogens is 2. The van der Waals surface area contributed by atoms with Crippen LogP contribution in [0.5, 0.6) is 0 Å². The van der Waals surface area contributed by atoms with Gasteiger partial charge in [-0.25, -0.2) is 8.78 Å². The smallest absolute Gasteiger partial charge is 0.126 e. The van der Waals surface area contributed by atoms with Gasteiger partial charge in [-0.3, -0.25) is 0 Å². The van der Waals surface area contributed by atoms with Crippen molar-refractivity contribution in [3.63, 3.8) is 0 Å². The number of fused-ring (bicyclic) bond motifs is 6. The summed E-state index contributed by atoms with van der Waals surface area (Å²) in [7, 11) is 0. The Bertz CT molecular complexity index is 4240. The van der Waals surface area contributed by atoms with Crippen LogP contribution in [-0.4, -0.2) is 9.13 Å². The molecule has 5 heteroatoms. The lowest BCUT2D eigenvalue weighted by Crippen LogP contribution is -2.06. The lowest BCUT2D eigenvalue weighted by atomic mass is 9.92. The predicted molar refractivity (Wildman–Crippen MR) is 324 cm³/mol. The van der Waals surface area contributed by atoms with Crippen LogP contribution in [0.2, 0.25) is 0 Å². The first kappa shape index (κ1) is 50.0. The normalized spacial score (nSPS) is 11.7. The Labute approximate surface area is 456 Å². The van der Waals surface area contributed by atoms with E-state index in [-0.39, 0.29) is 0 Å². The molecule has 0 N–H and O–H groups in total. The van der Waals surface area contributed by atoms with Crippen LogP contribution in [0.15, 0.2) is 152 Å². The van der Waals surface area contributed by atoms with Crippen molar-refractivity contribution in [2.45, 2.75) is 83.1 Å². The van der Waals surface area contributed by atoms with E-state index in [1.54, 1.807) is 0 Å². The van der Waals surface area contributed by atoms with Gasteiger partial charge in [0.25, 0.3) is 0 Å². The first-order valence-corrected chi connectivity index (χ1v) is 26.9. The Morgan fingerprint density at radius 3 is 0.923 bits per heavy atom. The number of nitrogens with zero attached hydrogens (tertiary/aromatic N) is 3. The molecule has 0 saturated carbocycles. The molecule has 2 heterocycles. The predicted octanol–water partition coefficient (Wildman–Crippen LogP) is 20.1. The standard InChI is InChI=1S/C73H61F2N3/c1-39-21-43(5)69(44(6)22-39)52-15-19-63-61(33-52)59-17-13-54(71-47(9)25-41(3)26-48(71)10)35-65(59)77(63)67-29-51(38-76)30-68(73(67)56-31-57(74)37-58(75)32-56)78-64-20-16-53(70-45(7)23-40(2)24-46(70)8)34-62(64)60-18-14-55(36-66(60)78)72-49(11)27-42(4)28-50(72)12/h13-37H,1-12H3. The quantitative estimate of drug-likeness (QED) is 0.157. The van der Waals surface area contributed by atoms with Crippen molar-refractivity contribution in [3.8, 4) is 73.1 Å². The molecule has 3 nitrogen and oxygen atoms in total. The molecule has 12 rings (SSSR count). The number of benzene rings is 10. The zero-order valence-electron chi connectivity index (χ0n) is 46.5. The molecular formula is C73H61F2N3. The highest BCUT2D eigenvalue weighted by atomic mass is 19.1. The molecule has 0 aliphatic rings. The third kappa shape index (κ3) is 8.21. The average Bonchev–Trinajstić information content (AvgIpc) is 3.86. The van der Waals surface area contributed by atoms with Crippen molar-refractivity contribution in [1.82, 2.24) is 9.13 Å². The number of hydrogen-bond donors (Lipinski definition) is 0. The maximum atomic E-state index is 16.2. The Morgan fingerprint density at radius 1 is 0.295 bits per heavy atom. The van der Waals surface area contributed by atoms with E-state index in [2.05, 4.69) is 220 Å². The van der Waals surface area contributed by atoms with E-state index in [4.69, 9.17) is 0 Å². The highest BCUT2D eigenvalue weighted by Crippen LogP contribution is 2.47. The summed E-state index contributed by atoms with van der Waals surface area (Å²) in [5, 5.41) is 15.4. The van der Waals surface area contributed by atoms with Crippen molar-refractivity contribution < 1.29 is 8.78 Å². The number of rotatable bonds is 7. The van der Waals surface area contributed by atoms with Gasteiger partial charge in [-0.05, 0) is 238 Å². The highest BCUT2D eigenvalue weighted by Gasteiger charge is 2.26. The minimum Gasteiger partial charge on any atom is -0.308 e. The second-order valence-corrected chi connectivity index (χ2v) is 22.4. The van der Waals surface area contributed by atoms with E-state index in [0.29, 0.717) is 28.1 Å². The molecule has 0 atom stereocenters. The van der Waals surface area contributed by atoms with E-state index >= 15 is 8.78 Å². The maximum absolute atomic E-state index is 16.2. The molecule has 12 aromatic rings. The molecule has 0 fully saturated rings. The van der Waals surface area contributed by atoms with Gasteiger partial charge in [0, 0.05) is 33.2 Å². The third-order valence-corrected chi connectivity index (χ3v) is 16.3. The van der Waals surface area contributed by atoms with E-state index < -0.39 is 11.6 Å². The Morgan fingerprint density at radius 2 is 0.603 bits per heavy atom. The molecule has 0 amide bonds. The van der Waals surface area contributed by atoms with Crippen LogP contribution in [-0.2, 0) is 0 Å².